The first-order valence-electron chi connectivity index (χ1n) is 8.76. The summed E-state index contributed by atoms with van der Waals surface area (Å²) in [5, 5.41) is 3.76. The fourth-order valence-electron chi connectivity index (χ4n) is 3.63. The first-order chi connectivity index (χ1) is 9.66. The predicted molar refractivity (Wildman–Crippen MR) is 85.1 cm³/mol. The Kier molecular flexibility index (Phi) is 6.79. The molecule has 20 heavy (non-hydrogen) atoms. The number of hydrogen-bond acceptors (Lipinski definition) is 3. The minimum absolute atomic E-state index is 0.374. The third-order valence-electron chi connectivity index (χ3n) is 5.17. The lowest BCUT2D eigenvalue weighted by atomic mass is 9.93. The molecule has 0 aromatic rings. The van der Waals surface area contributed by atoms with Gasteiger partial charge in [-0.2, -0.15) is 0 Å². The number of ether oxygens (including phenoxy) is 1. The molecule has 1 unspecified atom stereocenters. The maximum absolute atomic E-state index is 5.92. The van der Waals surface area contributed by atoms with Crippen LogP contribution in [0.3, 0.4) is 0 Å². The second kappa shape index (κ2) is 8.35. The van der Waals surface area contributed by atoms with Gasteiger partial charge in [-0.05, 0) is 39.5 Å². The van der Waals surface area contributed by atoms with Gasteiger partial charge in [0, 0.05) is 31.7 Å². The largest absolute Gasteiger partial charge is 0.374 e. The Morgan fingerprint density at radius 1 is 1.10 bits per heavy atom. The van der Waals surface area contributed by atoms with Crippen molar-refractivity contribution in [1.29, 1.82) is 0 Å². The Labute approximate surface area is 125 Å². The molecule has 1 saturated carbocycles. The second-order valence-electron chi connectivity index (χ2n) is 7.03. The van der Waals surface area contributed by atoms with Crippen LogP contribution in [0.5, 0.6) is 0 Å². The van der Waals surface area contributed by atoms with Crippen LogP contribution in [0.15, 0.2) is 0 Å². The van der Waals surface area contributed by atoms with Gasteiger partial charge in [-0.3, -0.25) is 4.90 Å². The van der Waals surface area contributed by atoms with Crippen LogP contribution in [0, 0.1) is 5.92 Å². The second-order valence-corrected chi connectivity index (χ2v) is 7.03. The van der Waals surface area contributed by atoms with Gasteiger partial charge in [-0.1, -0.05) is 25.7 Å². The molecule has 1 aliphatic heterocycles. The SMILES string of the molecule is CC(C)N1CCOC(CN[C@H](C)C2CCCCCC2)C1. The summed E-state index contributed by atoms with van der Waals surface area (Å²) < 4.78 is 5.92. The standard InChI is InChI=1S/C17H34N2O/c1-14(2)19-10-11-20-17(13-19)12-18-15(3)16-8-6-4-5-7-9-16/h14-18H,4-13H2,1-3H3/t15-,17?/m1/s1. The van der Waals surface area contributed by atoms with Gasteiger partial charge >= 0.3 is 0 Å². The minimum Gasteiger partial charge on any atom is -0.374 e. The van der Waals surface area contributed by atoms with Crippen LogP contribution in [0.4, 0.5) is 0 Å². The summed E-state index contributed by atoms with van der Waals surface area (Å²) in [4.78, 5) is 2.53. The summed E-state index contributed by atoms with van der Waals surface area (Å²) in [6.07, 6.45) is 8.95. The van der Waals surface area contributed by atoms with Crippen LogP contribution >= 0.6 is 0 Å². The molecule has 3 nitrogen and oxygen atoms in total. The van der Waals surface area contributed by atoms with Crippen LogP contribution in [0.2, 0.25) is 0 Å². The molecule has 0 radical (unpaired) electrons. The Morgan fingerprint density at radius 3 is 2.45 bits per heavy atom. The van der Waals surface area contributed by atoms with Gasteiger partial charge in [-0.15, -0.1) is 0 Å². The zero-order chi connectivity index (χ0) is 14.4. The molecule has 0 bridgehead atoms. The predicted octanol–water partition coefficient (Wildman–Crippen LogP) is 3.04. The van der Waals surface area contributed by atoms with Gasteiger partial charge in [0.2, 0.25) is 0 Å². The van der Waals surface area contributed by atoms with Crippen molar-refractivity contribution < 1.29 is 4.74 Å². The number of nitrogens with zero attached hydrogens (tertiary/aromatic N) is 1. The summed E-state index contributed by atoms with van der Waals surface area (Å²) in [5.74, 6) is 0.877. The number of nitrogens with one attached hydrogen (secondary N) is 1. The number of hydrogen-bond donors (Lipinski definition) is 1. The van der Waals surface area contributed by atoms with E-state index in [0.717, 1.165) is 32.2 Å². The maximum Gasteiger partial charge on any atom is 0.0826 e. The smallest absolute Gasteiger partial charge is 0.0826 e. The molecular formula is C17H34N2O. The molecular weight excluding hydrogens is 248 g/mol. The lowest BCUT2D eigenvalue weighted by molar-refractivity contribution is -0.0386. The molecule has 0 amide bonds. The van der Waals surface area contributed by atoms with E-state index in [9.17, 15) is 0 Å². The van der Waals surface area contributed by atoms with Crippen LogP contribution in [0.1, 0.15) is 59.3 Å². The van der Waals surface area contributed by atoms with Crippen molar-refractivity contribution in [2.24, 2.45) is 5.92 Å². The highest BCUT2D eigenvalue weighted by Gasteiger charge is 2.24. The van der Waals surface area contributed by atoms with E-state index in [0.29, 0.717) is 18.2 Å². The molecule has 3 heteroatoms. The lowest BCUT2D eigenvalue weighted by Crippen LogP contribution is -2.50. The van der Waals surface area contributed by atoms with E-state index in [1.54, 1.807) is 0 Å². The minimum atomic E-state index is 0.374. The summed E-state index contributed by atoms with van der Waals surface area (Å²) in [6, 6.07) is 1.28. The van der Waals surface area contributed by atoms with Crippen molar-refractivity contribution in [2.75, 3.05) is 26.2 Å². The third-order valence-corrected chi connectivity index (χ3v) is 5.17. The topological polar surface area (TPSA) is 24.5 Å². The zero-order valence-corrected chi connectivity index (χ0v) is 13.7. The van der Waals surface area contributed by atoms with Crippen molar-refractivity contribution >= 4 is 0 Å². The summed E-state index contributed by atoms with van der Waals surface area (Å²) in [6.45, 7) is 11.0. The van der Waals surface area contributed by atoms with E-state index in [1.165, 1.54) is 38.5 Å². The molecule has 0 aromatic heterocycles. The van der Waals surface area contributed by atoms with Gasteiger partial charge in [0.05, 0.1) is 12.7 Å². The summed E-state index contributed by atoms with van der Waals surface area (Å²) >= 11 is 0. The van der Waals surface area contributed by atoms with Gasteiger partial charge in [0.1, 0.15) is 0 Å². The molecule has 2 fully saturated rings. The van der Waals surface area contributed by atoms with Crippen LogP contribution in [-0.2, 0) is 4.74 Å². The van der Waals surface area contributed by atoms with Gasteiger partial charge in [-0.25, -0.2) is 0 Å². The zero-order valence-electron chi connectivity index (χ0n) is 13.7. The van der Waals surface area contributed by atoms with Crippen molar-refractivity contribution in [2.45, 2.75) is 77.5 Å². The Hall–Kier alpha value is -0.120. The maximum atomic E-state index is 5.92. The molecule has 2 rings (SSSR count). The van der Waals surface area contributed by atoms with Crippen molar-refractivity contribution in [1.82, 2.24) is 10.2 Å². The molecule has 1 N–H and O–H groups in total. The lowest BCUT2D eigenvalue weighted by Gasteiger charge is -2.36. The van der Waals surface area contributed by atoms with Gasteiger partial charge in [0.15, 0.2) is 0 Å². The molecule has 0 spiro atoms. The van der Waals surface area contributed by atoms with Crippen LogP contribution in [0.25, 0.3) is 0 Å². The van der Waals surface area contributed by atoms with Gasteiger partial charge < -0.3 is 10.1 Å². The Bertz CT molecular complexity index is 260. The Balaban J connectivity index is 1.70. The average molecular weight is 282 g/mol. The average Bonchev–Trinajstić information content (AvgIpc) is 2.74. The highest BCUT2D eigenvalue weighted by Crippen LogP contribution is 2.25. The van der Waals surface area contributed by atoms with E-state index >= 15 is 0 Å². The molecule has 0 aromatic carbocycles. The van der Waals surface area contributed by atoms with Gasteiger partial charge in [0.25, 0.3) is 0 Å². The number of rotatable bonds is 5. The first-order valence-corrected chi connectivity index (χ1v) is 8.76. The van der Waals surface area contributed by atoms with Crippen molar-refractivity contribution in [3.63, 3.8) is 0 Å². The summed E-state index contributed by atoms with van der Waals surface area (Å²) in [7, 11) is 0. The van der Waals surface area contributed by atoms with E-state index in [-0.39, 0.29) is 0 Å². The quantitative estimate of drug-likeness (QED) is 0.784. The van der Waals surface area contributed by atoms with E-state index in [2.05, 4.69) is 31.0 Å². The van der Waals surface area contributed by atoms with Crippen molar-refractivity contribution in [3.8, 4) is 0 Å². The third kappa shape index (κ3) is 5.01. The highest BCUT2D eigenvalue weighted by atomic mass is 16.5. The normalized spacial score (nSPS) is 28.5. The van der Waals surface area contributed by atoms with Crippen LogP contribution in [-0.4, -0.2) is 49.3 Å². The molecule has 2 atom stereocenters. The van der Waals surface area contributed by atoms with E-state index in [4.69, 9.17) is 4.74 Å². The molecule has 1 aliphatic carbocycles. The van der Waals surface area contributed by atoms with Crippen LogP contribution < -0.4 is 5.32 Å². The van der Waals surface area contributed by atoms with Crippen molar-refractivity contribution in [3.05, 3.63) is 0 Å². The highest BCUT2D eigenvalue weighted by molar-refractivity contribution is 4.80. The fraction of sp³-hybridized carbons (Fsp3) is 1.00. The molecule has 2 aliphatic rings. The molecule has 118 valence electrons. The fourth-order valence-corrected chi connectivity index (χ4v) is 3.63. The number of morpholine rings is 1. The van der Waals surface area contributed by atoms with E-state index < -0.39 is 0 Å². The molecule has 1 saturated heterocycles. The summed E-state index contributed by atoms with van der Waals surface area (Å²) in [5.41, 5.74) is 0. The molecule has 1 heterocycles. The first kappa shape index (κ1) is 16.3. The monoisotopic (exact) mass is 282 g/mol. The van der Waals surface area contributed by atoms with E-state index in [1.807, 2.05) is 0 Å². The Morgan fingerprint density at radius 2 is 1.80 bits per heavy atom.